The summed E-state index contributed by atoms with van der Waals surface area (Å²) >= 11 is 0. The molecule has 0 aromatic heterocycles. The number of esters is 1. The summed E-state index contributed by atoms with van der Waals surface area (Å²) in [5.41, 5.74) is 6.08. The predicted molar refractivity (Wildman–Crippen MR) is 80.1 cm³/mol. The summed E-state index contributed by atoms with van der Waals surface area (Å²) in [7, 11) is 0. The summed E-state index contributed by atoms with van der Waals surface area (Å²) in [5, 5.41) is 0. The Morgan fingerprint density at radius 3 is 2.52 bits per heavy atom. The molecule has 21 heavy (non-hydrogen) atoms. The second-order valence-electron chi connectivity index (χ2n) is 5.94. The highest BCUT2D eigenvalue weighted by Crippen LogP contribution is 2.15. The lowest BCUT2D eigenvalue weighted by molar-refractivity contribution is -0.157. The van der Waals surface area contributed by atoms with Crippen LogP contribution >= 0.6 is 0 Å². The molecule has 0 amide bonds. The smallest absolute Gasteiger partial charge is 0.344 e. The summed E-state index contributed by atoms with van der Waals surface area (Å²) in [5.74, 6) is 0.0672. The van der Waals surface area contributed by atoms with Crippen LogP contribution in [-0.2, 0) is 20.7 Å². The molecule has 116 valence electrons. The molecule has 1 atom stereocenters. The average Bonchev–Trinajstić information content (AvgIpc) is 2.34. The first-order valence-corrected chi connectivity index (χ1v) is 6.87. The molecule has 2 N–H and O–H groups in total. The first kappa shape index (κ1) is 17.2. The Labute approximate surface area is 125 Å². The van der Waals surface area contributed by atoms with E-state index in [1.165, 1.54) is 6.92 Å². The van der Waals surface area contributed by atoms with Crippen molar-refractivity contribution < 1.29 is 19.1 Å². The Kier molecular flexibility index (Phi) is 5.90. The van der Waals surface area contributed by atoms with Crippen LogP contribution in [0.2, 0.25) is 0 Å². The van der Waals surface area contributed by atoms with E-state index >= 15 is 0 Å². The number of nitrogens with two attached hydrogens (primary N) is 1. The highest BCUT2D eigenvalue weighted by atomic mass is 16.6. The van der Waals surface area contributed by atoms with Gasteiger partial charge in [-0.1, -0.05) is 12.1 Å². The monoisotopic (exact) mass is 293 g/mol. The summed E-state index contributed by atoms with van der Waals surface area (Å²) in [6.07, 6.45) is 0.443. The van der Waals surface area contributed by atoms with Gasteiger partial charge in [0.15, 0.2) is 6.61 Å². The van der Waals surface area contributed by atoms with Gasteiger partial charge in [-0.2, -0.15) is 0 Å². The second kappa shape index (κ2) is 7.22. The molecule has 0 saturated carbocycles. The van der Waals surface area contributed by atoms with Crippen molar-refractivity contribution in [1.29, 1.82) is 0 Å². The highest BCUT2D eigenvalue weighted by Gasteiger charge is 2.16. The van der Waals surface area contributed by atoms with Crippen LogP contribution in [0.4, 0.5) is 0 Å². The van der Waals surface area contributed by atoms with Crippen LogP contribution in [-0.4, -0.2) is 30.0 Å². The van der Waals surface area contributed by atoms with Gasteiger partial charge < -0.3 is 15.2 Å². The van der Waals surface area contributed by atoms with E-state index in [9.17, 15) is 9.59 Å². The molecule has 0 heterocycles. The second-order valence-corrected chi connectivity index (χ2v) is 5.94. The number of benzene rings is 1. The number of hydrogen-bond acceptors (Lipinski definition) is 5. The number of carbonyl (C=O) groups is 2. The normalized spacial score (nSPS) is 12.6. The van der Waals surface area contributed by atoms with Crippen molar-refractivity contribution in [2.75, 3.05) is 6.61 Å². The average molecular weight is 293 g/mol. The zero-order valence-corrected chi connectivity index (χ0v) is 13.0. The minimum absolute atomic E-state index is 0.0601. The van der Waals surface area contributed by atoms with E-state index in [1.807, 2.05) is 6.07 Å². The van der Waals surface area contributed by atoms with Crippen molar-refractivity contribution in [3.05, 3.63) is 29.8 Å². The van der Waals surface area contributed by atoms with Gasteiger partial charge in [-0.15, -0.1) is 0 Å². The third-order valence-corrected chi connectivity index (χ3v) is 2.65. The molecule has 0 saturated heterocycles. The van der Waals surface area contributed by atoms with Gasteiger partial charge in [-0.05, 0) is 51.8 Å². The van der Waals surface area contributed by atoms with Crippen LogP contribution in [0.15, 0.2) is 24.3 Å². The van der Waals surface area contributed by atoms with Gasteiger partial charge in [0.25, 0.3) is 0 Å². The summed E-state index contributed by atoms with van der Waals surface area (Å²) < 4.78 is 10.6. The minimum Gasteiger partial charge on any atom is -0.482 e. The van der Waals surface area contributed by atoms with Crippen LogP contribution in [0.5, 0.6) is 5.75 Å². The van der Waals surface area contributed by atoms with E-state index in [1.54, 1.807) is 39.0 Å². The van der Waals surface area contributed by atoms with Gasteiger partial charge >= 0.3 is 5.97 Å². The number of ketones is 1. The van der Waals surface area contributed by atoms with Gasteiger partial charge in [0.05, 0.1) is 6.04 Å². The number of rotatable bonds is 6. The van der Waals surface area contributed by atoms with Crippen molar-refractivity contribution in [3.63, 3.8) is 0 Å². The molecule has 0 aliphatic rings. The lowest BCUT2D eigenvalue weighted by atomic mass is 10.0. The lowest BCUT2D eigenvalue weighted by Crippen LogP contribution is -2.30. The van der Waals surface area contributed by atoms with Gasteiger partial charge in [0, 0.05) is 0 Å². The molecule has 1 rings (SSSR count). The molecular weight excluding hydrogens is 270 g/mol. The zero-order chi connectivity index (χ0) is 16.0. The molecule has 0 bridgehead atoms. The highest BCUT2D eigenvalue weighted by molar-refractivity contribution is 5.81. The maximum Gasteiger partial charge on any atom is 0.344 e. The van der Waals surface area contributed by atoms with Crippen molar-refractivity contribution in [2.45, 2.75) is 45.8 Å². The molecular formula is C16H23NO4. The predicted octanol–water partition coefficient (Wildman–Crippen LogP) is 1.87. The lowest BCUT2D eigenvalue weighted by Gasteiger charge is -2.19. The molecule has 0 aliphatic carbocycles. The molecule has 0 spiro atoms. The largest absolute Gasteiger partial charge is 0.482 e. The first-order chi connectivity index (χ1) is 9.67. The third kappa shape index (κ3) is 6.90. The summed E-state index contributed by atoms with van der Waals surface area (Å²) in [6, 6.07) is 6.65. The maximum absolute atomic E-state index is 11.6. The fourth-order valence-electron chi connectivity index (χ4n) is 1.67. The maximum atomic E-state index is 11.6. The molecule has 0 aliphatic heterocycles. The molecule has 5 heteroatoms. The van der Waals surface area contributed by atoms with Crippen LogP contribution in [0.3, 0.4) is 0 Å². The number of hydrogen-bond donors (Lipinski definition) is 1. The number of carbonyl (C=O) groups excluding carboxylic acids is 2. The van der Waals surface area contributed by atoms with E-state index in [-0.39, 0.29) is 12.4 Å². The minimum atomic E-state index is -0.531. The first-order valence-electron chi connectivity index (χ1n) is 6.87. The van der Waals surface area contributed by atoms with Gasteiger partial charge in [0.1, 0.15) is 17.1 Å². The SMILES string of the molecule is CC(=O)C(N)Cc1cccc(OCC(=O)OC(C)(C)C)c1. The molecule has 1 aromatic rings. The summed E-state index contributed by atoms with van der Waals surface area (Å²) in [4.78, 5) is 22.7. The van der Waals surface area contributed by atoms with E-state index in [4.69, 9.17) is 15.2 Å². The van der Waals surface area contributed by atoms with E-state index in [2.05, 4.69) is 0 Å². The van der Waals surface area contributed by atoms with E-state index in [0.717, 1.165) is 5.56 Å². The Morgan fingerprint density at radius 2 is 1.95 bits per heavy atom. The Morgan fingerprint density at radius 1 is 1.29 bits per heavy atom. The van der Waals surface area contributed by atoms with Crippen molar-refractivity contribution in [2.24, 2.45) is 5.73 Å². The van der Waals surface area contributed by atoms with E-state index in [0.29, 0.717) is 12.2 Å². The number of Topliss-reactive ketones (excluding diaryl/α,β-unsaturated/α-hetero) is 1. The van der Waals surface area contributed by atoms with Crippen molar-refractivity contribution >= 4 is 11.8 Å². The topological polar surface area (TPSA) is 78.6 Å². The molecule has 1 aromatic carbocycles. The van der Waals surface area contributed by atoms with Crippen LogP contribution in [0.1, 0.15) is 33.3 Å². The van der Waals surface area contributed by atoms with Crippen molar-refractivity contribution in [1.82, 2.24) is 0 Å². The molecule has 0 radical (unpaired) electrons. The fraction of sp³-hybridized carbons (Fsp3) is 0.500. The molecule has 1 unspecified atom stereocenters. The Balaban J connectivity index is 2.57. The van der Waals surface area contributed by atoms with Gasteiger partial charge in [0.2, 0.25) is 0 Å². The van der Waals surface area contributed by atoms with Gasteiger partial charge in [-0.3, -0.25) is 4.79 Å². The van der Waals surface area contributed by atoms with Crippen LogP contribution in [0, 0.1) is 0 Å². The number of ether oxygens (including phenoxy) is 2. The Bertz CT molecular complexity index is 505. The fourth-order valence-corrected chi connectivity index (χ4v) is 1.67. The molecule has 5 nitrogen and oxygen atoms in total. The summed E-state index contributed by atoms with van der Waals surface area (Å²) in [6.45, 7) is 6.71. The molecule has 0 fully saturated rings. The van der Waals surface area contributed by atoms with Crippen molar-refractivity contribution in [3.8, 4) is 5.75 Å². The quantitative estimate of drug-likeness (QED) is 0.810. The van der Waals surface area contributed by atoms with E-state index < -0.39 is 17.6 Å². The standard InChI is InChI=1S/C16H23NO4/c1-11(18)14(17)9-12-6-5-7-13(8-12)20-10-15(19)21-16(2,3)4/h5-8,14H,9-10,17H2,1-4H3. The van der Waals surface area contributed by atoms with Crippen LogP contribution in [0.25, 0.3) is 0 Å². The Hall–Kier alpha value is -1.88. The third-order valence-electron chi connectivity index (χ3n) is 2.65. The van der Waals surface area contributed by atoms with Crippen LogP contribution < -0.4 is 10.5 Å². The van der Waals surface area contributed by atoms with Gasteiger partial charge in [-0.25, -0.2) is 4.79 Å². The zero-order valence-electron chi connectivity index (χ0n) is 13.0.